The summed E-state index contributed by atoms with van der Waals surface area (Å²) in [6.45, 7) is 0. The molecule has 0 spiro atoms. The van der Waals surface area contributed by atoms with Crippen molar-refractivity contribution in [1.82, 2.24) is 0 Å². The molecule has 2 aliphatic carbocycles. The number of carbonyl (C=O) groups excluding carboxylic acids is 2. The molecule has 0 bridgehead atoms. The molecule has 2 aliphatic rings. The van der Waals surface area contributed by atoms with Gasteiger partial charge in [-0.15, -0.1) is 0 Å². The highest BCUT2D eigenvalue weighted by atomic mass is 16.5. The van der Waals surface area contributed by atoms with Crippen molar-refractivity contribution in [3.63, 3.8) is 0 Å². The lowest BCUT2D eigenvalue weighted by Gasteiger charge is -2.50. The van der Waals surface area contributed by atoms with Crippen LogP contribution in [0.2, 0.25) is 0 Å². The van der Waals surface area contributed by atoms with Crippen LogP contribution in [0.1, 0.15) is 0 Å². The zero-order valence-corrected chi connectivity index (χ0v) is 9.69. The zero-order chi connectivity index (χ0) is 13.7. The second-order valence-corrected chi connectivity index (χ2v) is 4.69. The Hall–Kier alpha value is -1.44. The van der Waals surface area contributed by atoms with Crippen LogP contribution in [0.4, 0.5) is 0 Å². The van der Waals surface area contributed by atoms with Crippen LogP contribution < -0.4 is 5.73 Å². The van der Waals surface area contributed by atoms with E-state index in [-0.39, 0.29) is 0 Å². The standard InChI is InChI=1S/C11H15NO6/c1-18-10(16)11(17)3-2-4-6(11)5(7(4)13)8(14)9(12)15/h2-8,13-14,17H,1H3,(H2,12,15)/t4-,5-,6+,7+,8+,11-/m0/s1. The maximum absolute atomic E-state index is 11.6. The molecule has 0 aromatic heterocycles. The minimum absolute atomic E-state index is 0.493. The summed E-state index contributed by atoms with van der Waals surface area (Å²) in [6.07, 6.45) is 0.0754. The highest BCUT2D eigenvalue weighted by Crippen LogP contribution is 2.54. The highest BCUT2D eigenvalue weighted by Gasteiger charge is 2.65. The maximum Gasteiger partial charge on any atom is 0.342 e. The Morgan fingerprint density at radius 3 is 2.61 bits per heavy atom. The Bertz CT molecular complexity index is 422. The Kier molecular flexibility index (Phi) is 2.92. The topological polar surface area (TPSA) is 130 Å². The first kappa shape index (κ1) is 13.0. The molecule has 100 valence electrons. The third kappa shape index (κ3) is 1.48. The van der Waals surface area contributed by atoms with E-state index < -0.39 is 47.4 Å². The molecule has 0 aliphatic heterocycles. The lowest BCUT2D eigenvalue weighted by atomic mass is 9.57. The average molecular weight is 257 g/mol. The molecule has 0 saturated heterocycles. The smallest absolute Gasteiger partial charge is 0.342 e. The highest BCUT2D eigenvalue weighted by molar-refractivity contribution is 5.84. The van der Waals surface area contributed by atoms with E-state index in [1.165, 1.54) is 12.2 Å². The van der Waals surface area contributed by atoms with E-state index in [1.54, 1.807) is 0 Å². The summed E-state index contributed by atoms with van der Waals surface area (Å²) < 4.78 is 4.49. The maximum atomic E-state index is 11.6. The number of fused-ring (bicyclic) bond motifs is 1. The van der Waals surface area contributed by atoms with Crippen LogP contribution in [-0.4, -0.2) is 52.1 Å². The fourth-order valence-electron chi connectivity index (χ4n) is 2.92. The van der Waals surface area contributed by atoms with E-state index in [2.05, 4.69) is 4.74 Å². The van der Waals surface area contributed by atoms with Crippen LogP contribution >= 0.6 is 0 Å². The van der Waals surface area contributed by atoms with Crippen molar-refractivity contribution in [2.24, 2.45) is 23.5 Å². The van der Waals surface area contributed by atoms with Gasteiger partial charge in [0.2, 0.25) is 5.91 Å². The minimum Gasteiger partial charge on any atom is -0.467 e. The van der Waals surface area contributed by atoms with Crippen molar-refractivity contribution in [2.75, 3.05) is 7.11 Å². The predicted octanol–water partition coefficient (Wildman–Crippen LogP) is -2.47. The SMILES string of the molecule is COC(=O)[C@]1(O)C=C[C@@H]2[C@@H](O)[C@@H]([C@@H](O)C(N)=O)[C@@H]21. The second kappa shape index (κ2) is 4.04. The summed E-state index contributed by atoms with van der Waals surface area (Å²) in [7, 11) is 1.12. The molecule has 0 aromatic carbocycles. The van der Waals surface area contributed by atoms with Gasteiger partial charge in [-0.05, 0) is 6.08 Å². The van der Waals surface area contributed by atoms with E-state index in [0.717, 1.165) is 7.11 Å². The normalized spacial score (nSPS) is 42.9. The van der Waals surface area contributed by atoms with E-state index in [0.29, 0.717) is 0 Å². The molecular weight excluding hydrogens is 242 g/mol. The number of methoxy groups -OCH3 is 1. The Morgan fingerprint density at radius 2 is 2.11 bits per heavy atom. The molecule has 0 radical (unpaired) electrons. The summed E-state index contributed by atoms with van der Waals surface area (Å²) in [4.78, 5) is 22.5. The van der Waals surface area contributed by atoms with Gasteiger partial charge < -0.3 is 25.8 Å². The summed E-state index contributed by atoms with van der Waals surface area (Å²) in [5.41, 5.74) is 3.04. The molecule has 2 rings (SSSR count). The second-order valence-electron chi connectivity index (χ2n) is 4.69. The number of carbonyl (C=O) groups is 2. The van der Waals surface area contributed by atoms with Crippen LogP contribution in [0.5, 0.6) is 0 Å². The van der Waals surface area contributed by atoms with E-state index in [4.69, 9.17) is 5.73 Å². The van der Waals surface area contributed by atoms with Crippen LogP contribution in [0, 0.1) is 17.8 Å². The molecule has 1 fully saturated rings. The van der Waals surface area contributed by atoms with Crippen LogP contribution in [0.25, 0.3) is 0 Å². The molecule has 6 atom stereocenters. The summed E-state index contributed by atoms with van der Waals surface area (Å²) >= 11 is 0. The summed E-state index contributed by atoms with van der Waals surface area (Å²) in [6, 6.07) is 0. The first-order valence-corrected chi connectivity index (χ1v) is 5.50. The monoisotopic (exact) mass is 257 g/mol. The molecule has 18 heavy (non-hydrogen) atoms. The van der Waals surface area contributed by atoms with Gasteiger partial charge in [0.25, 0.3) is 0 Å². The molecule has 1 saturated carbocycles. The Morgan fingerprint density at radius 1 is 1.50 bits per heavy atom. The number of esters is 1. The number of hydrogen-bond donors (Lipinski definition) is 4. The van der Waals surface area contributed by atoms with Crippen molar-refractivity contribution in [2.45, 2.75) is 17.8 Å². The van der Waals surface area contributed by atoms with Crippen LogP contribution in [0.3, 0.4) is 0 Å². The van der Waals surface area contributed by atoms with Gasteiger partial charge in [0, 0.05) is 17.8 Å². The van der Waals surface area contributed by atoms with Crippen molar-refractivity contribution >= 4 is 11.9 Å². The molecule has 0 aromatic rings. The predicted molar refractivity (Wildman–Crippen MR) is 57.8 cm³/mol. The van der Waals surface area contributed by atoms with Gasteiger partial charge in [-0.3, -0.25) is 4.79 Å². The molecule has 7 nitrogen and oxygen atoms in total. The van der Waals surface area contributed by atoms with Gasteiger partial charge in [-0.2, -0.15) is 0 Å². The fourth-order valence-corrected chi connectivity index (χ4v) is 2.92. The quantitative estimate of drug-likeness (QED) is 0.327. The van der Waals surface area contributed by atoms with Gasteiger partial charge in [-0.1, -0.05) is 6.08 Å². The largest absolute Gasteiger partial charge is 0.467 e. The number of nitrogens with two attached hydrogens (primary N) is 1. The van der Waals surface area contributed by atoms with Crippen molar-refractivity contribution < 1.29 is 29.6 Å². The number of primary amides is 1. The number of aliphatic hydroxyl groups excluding tert-OH is 2. The summed E-state index contributed by atoms with van der Waals surface area (Å²) in [5.74, 6) is -4.17. The fraction of sp³-hybridized carbons (Fsp3) is 0.636. The molecule has 1 amide bonds. The Balaban J connectivity index is 2.28. The lowest BCUT2D eigenvalue weighted by molar-refractivity contribution is -0.200. The van der Waals surface area contributed by atoms with Crippen LogP contribution in [-0.2, 0) is 14.3 Å². The third-order valence-corrected chi connectivity index (χ3v) is 3.87. The number of rotatable bonds is 3. The third-order valence-electron chi connectivity index (χ3n) is 3.87. The number of hydrogen-bond acceptors (Lipinski definition) is 6. The van der Waals surface area contributed by atoms with Crippen LogP contribution in [0.15, 0.2) is 12.2 Å². The van der Waals surface area contributed by atoms with Gasteiger partial charge in [0.05, 0.1) is 13.2 Å². The van der Waals surface area contributed by atoms with Gasteiger partial charge in [-0.25, -0.2) is 4.79 Å². The molecule has 0 heterocycles. The minimum atomic E-state index is -1.93. The molecule has 0 unspecified atom stereocenters. The van der Waals surface area contributed by atoms with Crippen molar-refractivity contribution in [1.29, 1.82) is 0 Å². The van der Waals surface area contributed by atoms with E-state index in [1.807, 2.05) is 0 Å². The summed E-state index contributed by atoms with van der Waals surface area (Å²) in [5, 5.41) is 29.7. The Labute approximate surface area is 103 Å². The lowest BCUT2D eigenvalue weighted by Crippen LogP contribution is -2.65. The molecular formula is C11H15NO6. The number of amides is 1. The first-order valence-electron chi connectivity index (χ1n) is 5.50. The molecule has 5 N–H and O–H groups in total. The molecule has 7 heteroatoms. The zero-order valence-electron chi connectivity index (χ0n) is 9.69. The number of ether oxygens (including phenoxy) is 1. The van der Waals surface area contributed by atoms with Gasteiger partial charge in [0.15, 0.2) is 5.60 Å². The van der Waals surface area contributed by atoms with Gasteiger partial charge in [0.1, 0.15) is 6.10 Å². The average Bonchev–Trinajstić information content (AvgIpc) is 2.63. The van der Waals surface area contributed by atoms with Gasteiger partial charge >= 0.3 is 5.97 Å². The van der Waals surface area contributed by atoms with E-state index in [9.17, 15) is 24.9 Å². The van der Waals surface area contributed by atoms with Crippen molar-refractivity contribution in [3.05, 3.63) is 12.2 Å². The van der Waals surface area contributed by atoms with E-state index >= 15 is 0 Å². The van der Waals surface area contributed by atoms with Crippen molar-refractivity contribution in [3.8, 4) is 0 Å². The first-order chi connectivity index (χ1) is 8.34. The number of aliphatic hydroxyl groups is 3.